The van der Waals surface area contributed by atoms with Gasteiger partial charge in [0.05, 0.1) is 11.0 Å². The van der Waals surface area contributed by atoms with Crippen molar-refractivity contribution in [2.45, 2.75) is 19.9 Å². The summed E-state index contributed by atoms with van der Waals surface area (Å²) in [4.78, 5) is 14.0. The van der Waals surface area contributed by atoms with Gasteiger partial charge in [-0.2, -0.15) is 0 Å². The number of halogens is 1. The minimum atomic E-state index is -0.253. The molecule has 17 heavy (non-hydrogen) atoms. The van der Waals surface area contributed by atoms with Crippen molar-refractivity contribution in [3.8, 4) is 0 Å². The van der Waals surface area contributed by atoms with Gasteiger partial charge in [-0.15, -0.1) is 0 Å². The van der Waals surface area contributed by atoms with E-state index in [1.165, 1.54) is 0 Å². The molecule has 0 saturated heterocycles. The Labute approximate surface area is 115 Å². The van der Waals surface area contributed by atoms with Gasteiger partial charge >= 0.3 is 0 Å². The van der Waals surface area contributed by atoms with Gasteiger partial charge in [-0.3, -0.25) is 4.79 Å². The second-order valence-corrected chi connectivity index (χ2v) is 5.40. The number of thiocarbonyl (C=S) groups is 1. The second kappa shape index (κ2) is 5.60. The summed E-state index contributed by atoms with van der Waals surface area (Å²) < 4.78 is 0.886. The molecule has 0 bridgehead atoms. The van der Waals surface area contributed by atoms with Crippen LogP contribution in [0.25, 0.3) is 0 Å². The molecule has 0 heterocycles. The van der Waals surface area contributed by atoms with Gasteiger partial charge in [0, 0.05) is 17.1 Å². The molecule has 0 aliphatic carbocycles. The molecule has 0 aliphatic heterocycles. The summed E-state index contributed by atoms with van der Waals surface area (Å²) >= 11 is 8.26. The van der Waals surface area contributed by atoms with Crippen molar-refractivity contribution in [2.24, 2.45) is 5.73 Å². The van der Waals surface area contributed by atoms with Crippen LogP contribution in [0.5, 0.6) is 0 Å². The van der Waals surface area contributed by atoms with E-state index in [-0.39, 0.29) is 11.9 Å². The predicted molar refractivity (Wildman–Crippen MR) is 77.2 cm³/mol. The minimum absolute atomic E-state index is 0.0882. The molecule has 2 N–H and O–H groups in total. The molecule has 1 atom stereocenters. The second-order valence-electron chi connectivity index (χ2n) is 4.01. The quantitative estimate of drug-likeness (QED) is 0.872. The van der Waals surface area contributed by atoms with Crippen molar-refractivity contribution in [3.63, 3.8) is 0 Å². The van der Waals surface area contributed by atoms with Crippen molar-refractivity contribution in [2.75, 3.05) is 7.05 Å². The summed E-state index contributed by atoms with van der Waals surface area (Å²) in [7, 11) is 1.70. The highest BCUT2D eigenvalue weighted by Gasteiger charge is 2.19. The zero-order chi connectivity index (χ0) is 13.2. The molecule has 1 amide bonds. The van der Waals surface area contributed by atoms with Crippen LogP contribution in [0.2, 0.25) is 0 Å². The third-order valence-corrected chi connectivity index (χ3v) is 3.40. The number of nitrogens with zero attached hydrogens (tertiary/aromatic N) is 1. The topological polar surface area (TPSA) is 46.3 Å². The molecule has 1 aromatic rings. The first kappa shape index (κ1) is 14.1. The molecule has 0 fully saturated rings. The summed E-state index contributed by atoms with van der Waals surface area (Å²) in [6, 6.07) is 5.33. The first-order chi connectivity index (χ1) is 7.82. The fourth-order valence-electron chi connectivity index (χ4n) is 1.43. The lowest BCUT2D eigenvalue weighted by Gasteiger charge is -2.24. The fourth-order valence-corrected chi connectivity index (χ4v) is 2.20. The Morgan fingerprint density at radius 2 is 2.06 bits per heavy atom. The number of rotatable bonds is 3. The maximum atomic E-state index is 12.2. The van der Waals surface area contributed by atoms with Crippen molar-refractivity contribution in [1.29, 1.82) is 0 Å². The van der Waals surface area contributed by atoms with E-state index in [0.717, 1.165) is 10.0 Å². The van der Waals surface area contributed by atoms with E-state index in [0.29, 0.717) is 10.6 Å². The van der Waals surface area contributed by atoms with E-state index in [9.17, 15) is 4.79 Å². The smallest absolute Gasteiger partial charge is 0.254 e. The molecule has 0 aliphatic rings. The lowest BCUT2D eigenvalue weighted by molar-refractivity contribution is 0.0779. The van der Waals surface area contributed by atoms with E-state index >= 15 is 0 Å². The van der Waals surface area contributed by atoms with Crippen LogP contribution in [0.3, 0.4) is 0 Å². The number of amides is 1. The molecular formula is C12H15BrN2OS. The molecule has 1 rings (SSSR count). The average Bonchev–Trinajstić information content (AvgIpc) is 2.24. The maximum absolute atomic E-state index is 12.2. The molecule has 1 unspecified atom stereocenters. The third kappa shape index (κ3) is 3.51. The summed E-state index contributed by atoms with van der Waals surface area (Å²) in [5.74, 6) is -0.0882. The van der Waals surface area contributed by atoms with Crippen LogP contribution in [0, 0.1) is 6.92 Å². The van der Waals surface area contributed by atoms with Gasteiger partial charge in [-0.1, -0.05) is 28.1 Å². The Balaban J connectivity index is 3.00. The van der Waals surface area contributed by atoms with E-state index < -0.39 is 0 Å². The Morgan fingerprint density at radius 3 is 2.53 bits per heavy atom. The zero-order valence-corrected chi connectivity index (χ0v) is 12.4. The first-order valence-corrected chi connectivity index (χ1v) is 6.36. The molecule has 0 spiro atoms. The predicted octanol–water partition coefficient (Wildman–Crippen LogP) is 2.50. The summed E-state index contributed by atoms with van der Waals surface area (Å²) in [5, 5.41) is 0. The van der Waals surface area contributed by atoms with Crippen molar-refractivity contribution < 1.29 is 4.79 Å². The maximum Gasteiger partial charge on any atom is 0.254 e. The Hall–Kier alpha value is -0.940. The minimum Gasteiger partial charge on any atom is -0.392 e. The summed E-state index contributed by atoms with van der Waals surface area (Å²) in [6.45, 7) is 3.75. The molecule has 0 aromatic heterocycles. The third-order valence-electron chi connectivity index (χ3n) is 2.60. The highest BCUT2D eigenvalue weighted by Crippen LogP contribution is 2.17. The van der Waals surface area contributed by atoms with Gasteiger partial charge in [0.1, 0.15) is 0 Å². The molecular weight excluding hydrogens is 300 g/mol. The molecule has 0 radical (unpaired) electrons. The van der Waals surface area contributed by atoms with E-state index in [1.807, 2.05) is 26.0 Å². The van der Waals surface area contributed by atoms with E-state index in [4.69, 9.17) is 18.0 Å². The monoisotopic (exact) mass is 314 g/mol. The van der Waals surface area contributed by atoms with Crippen LogP contribution in [-0.4, -0.2) is 28.9 Å². The van der Waals surface area contributed by atoms with Crippen molar-refractivity contribution in [1.82, 2.24) is 4.90 Å². The van der Waals surface area contributed by atoms with Crippen molar-refractivity contribution >= 4 is 39.0 Å². The van der Waals surface area contributed by atoms with Crippen LogP contribution >= 0.6 is 28.1 Å². The number of aryl methyl sites for hydroxylation is 1. The molecule has 3 nitrogen and oxygen atoms in total. The van der Waals surface area contributed by atoms with E-state index in [1.54, 1.807) is 18.0 Å². The van der Waals surface area contributed by atoms with Crippen LogP contribution in [0.1, 0.15) is 22.8 Å². The van der Waals surface area contributed by atoms with E-state index in [2.05, 4.69) is 15.9 Å². The molecule has 1 aromatic carbocycles. The Morgan fingerprint density at radius 1 is 1.47 bits per heavy atom. The number of nitrogens with two attached hydrogens (primary N) is 1. The standard InChI is InChI=1S/C12H15BrN2OS/c1-7-4-9(6-10(13)5-7)12(16)15(3)8(2)11(14)17/h4-6,8H,1-3H3,(H2,14,17). The molecule has 0 saturated carbocycles. The van der Waals surface area contributed by atoms with Crippen LogP contribution in [-0.2, 0) is 0 Å². The van der Waals surface area contributed by atoms with Crippen molar-refractivity contribution in [3.05, 3.63) is 33.8 Å². The highest BCUT2D eigenvalue weighted by molar-refractivity contribution is 9.10. The first-order valence-electron chi connectivity index (χ1n) is 5.16. The van der Waals surface area contributed by atoms with Gasteiger partial charge < -0.3 is 10.6 Å². The fraction of sp³-hybridized carbons (Fsp3) is 0.333. The lowest BCUT2D eigenvalue weighted by Crippen LogP contribution is -2.42. The number of benzene rings is 1. The largest absolute Gasteiger partial charge is 0.392 e. The lowest BCUT2D eigenvalue weighted by atomic mass is 10.1. The average molecular weight is 315 g/mol. The summed E-state index contributed by atoms with van der Waals surface area (Å²) in [5.41, 5.74) is 7.20. The highest BCUT2D eigenvalue weighted by atomic mass is 79.9. The number of hydrogen-bond donors (Lipinski definition) is 1. The number of likely N-dealkylation sites (N-methyl/N-ethyl adjacent to an activating group) is 1. The zero-order valence-electron chi connectivity index (χ0n) is 10.0. The van der Waals surface area contributed by atoms with Gasteiger partial charge in [0.2, 0.25) is 0 Å². The SMILES string of the molecule is Cc1cc(Br)cc(C(=O)N(C)C(C)C(N)=S)c1. The normalized spacial score (nSPS) is 12.0. The van der Waals surface area contributed by atoms with Crippen LogP contribution in [0.15, 0.2) is 22.7 Å². The molecule has 5 heteroatoms. The number of carbonyl (C=O) groups is 1. The van der Waals surface area contributed by atoms with Crippen LogP contribution in [0.4, 0.5) is 0 Å². The van der Waals surface area contributed by atoms with Gasteiger partial charge in [-0.25, -0.2) is 0 Å². The van der Waals surface area contributed by atoms with Gasteiger partial charge in [-0.05, 0) is 37.6 Å². The summed E-state index contributed by atoms with van der Waals surface area (Å²) in [6.07, 6.45) is 0. The Bertz CT molecular complexity index is 442. The van der Waals surface area contributed by atoms with Gasteiger partial charge in [0.15, 0.2) is 0 Å². The van der Waals surface area contributed by atoms with Crippen LogP contribution < -0.4 is 5.73 Å². The molecule has 92 valence electrons. The Kier molecular flexibility index (Phi) is 4.65. The van der Waals surface area contributed by atoms with Gasteiger partial charge in [0.25, 0.3) is 5.91 Å². The number of carbonyl (C=O) groups excluding carboxylic acids is 1. The number of hydrogen-bond acceptors (Lipinski definition) is 2.